The number of halogens is 1. The molecule has 0 aromatic heterocycles. The standard InChI is InChI=1S/C18H24BrN3O2/c19-16-6-2-1-4-14(16)7-8-17(23)21-10-3-5-15(13-21)22-11-9-20-12-18(22)24/h1-2,4,6,15,20H,3,5,7-13H2. The molecule has 0 spiro atoms. The SMILES string of the molecule is O=C(CCc1ccccc1Br)N1CCCC(N2CCNCC2=O)C1. The fraction of sp³-hybridized carbons (Fsp3) is 0.556. The van der Waals surface area contributed by atoms with Crippen molar-refractivity contribution in [3.63, 3.8) is 0 Å². The molecule has 1 atom stereocenters. The first-order valence-electron chi connectivity index (χ1n) is 8.66. The van der Waals surface area contributed by atoms with Gasteiger partial charge >= 0.3 is 0 Å². The van der Waals surface area contributed by atoms with Crippen molar-refractivity contribution in [1.29, 1.82) is 0 Å². The highest BCUT2D eigenvalue weighted by atomic mass is 79.9. The minimum absolute atomic E-state index is 0.161. The molecule has 1 aromatic rings. The third-order valence-corrected chi connectivity index (χ3v) is 5.66. The number of rotatable bonds is 4. The summed E-state index contributed by atoms with van der Waals surface area (Å²) in [6.45, 7) is 3.51. The number of nitrogens with zero attached hydrogens (tertiary/aromatic N) is 2. The molecule has 1 unspecified atom stereocenters. The van der Waals surface area contributed by atoms with Crippen molar-refractivity contribution < 1.29 is 9.59 Å². The van der Waals surface area contributed by atoms with E-state index < -0.39 is 0 Å². The lowest BCUT2D eigenvalue weighted by Crippen LogP contribution is -2.57. The maximum absolute atomic E-state index is 12.6. The van der Waals surface area contributed by atoms with Gasteiger partial charge in [-0.05, 0) is 30.9 Å². The molecule has 3 rings (SSSR count). The maximum atomic E-state index is 12.6. The highest BCUT2D eigenvalue weighted by Gasteiger charge is 2.31. The van der Waals surface area contributed by atoms with Crippen molar-refractivity contribution in [2.24, 2.45) is 0 Å². The number of carbonyl (C=O) groups is 2. The molecule has 0 bridgehead atoms. The van der Waals surface area contributed by atoms with E-state index >= 15 is 0 Å². The molecular weight excluding hydrogens is 370 g/mol. The molecule has 2 aliphatic heterocycles. The molecule has 2 aliphatic rings. The summed E-state index contributed by atoms with van der Waals surface area (Å²) in [6, 6.07) is 8.22. The molecule has 24 heavy (non-hydrogen) atoms. The van der Waals surface area contributed by atoms with E-state index in [4.69, 9.17) is 0 Å². The summed E-state index contributed by atoms with van der Waals surface area (Å²) in [7, 11) is 0. The van der Waals surface area contributed by atoms with Crippen LogP contribution >= 0.6 is 15.9 Å². The average Bonchev–Trinajstić information content (AvgIpc) is 2.61. The maximum Gasteiger partial charge on any atom is 0.236 e. The normalized spacial score (nSPS) is 21.9. The quantitative estimate of drug-likeness (QED) is 0.848. The van der Waals surface area contributed by atoms with E-state index in [0.29, 0.717) is 19.5 Å². The summed E-state index contributed by atoms with van der Waals surface area (Å²) in [6.07, 6.45) is 3.24. The van der Waals surface area contributed by atoms with E-state index in [1.807, 2.05) is 28.0 Å². The topological polar surface area (TPSA) is 52.7 Å². The second-order valence-corrected chi connectivity index (χ2v) is 7.35. The average molecular weight is 394 g/mol. The second kappa shape index (κ2) is 8.12. The lowest BCUT2D eigenvalue weighted by Gasteiger charge is -2.41. The van der Waals surface area contributed by atoms with Gasteiger partial charge in [-0.1, -0.05) is 34.1 Å². The molecule has 130 valence electrons. The largest absolute Gasteiger partial charge is 0.341 e. The molecule has 6 heteroatoms. The van der Waals surface area contributed by atoms with E-state index in [9.17, 15) is 9.59 Å². The highest BCUT2D eigenvalue weighted by Crippen LogP contribution is 2.20. The van der Waals surface area contributed by atoms with Crippen molar-refractivity contribution in [2.45, 2.75) is 31.7 Å². The number of aryl methyl sites for hydroxylation is 1. The van der Waals surface area contributed by atoms with Gasteiger partial charge in [0.05, 0.1) is 6.54 Å². The van der Waals surface area contributed by atoms with Crippen molar-refractivity contribution in [3.05, 3.63) is 34.3 Å². The number of benzene rings is 1. The molecule has 0 saturated carbocycles. The van der Waals surface area contributed by atoms with Crippen LogP contribution in [0.1, 0.15) is 24.8 Å². The molecule has 0 radical (unpaired) electrons. The first-order chi connectivity index (χ1) is 11.6. The van der Waals surface area contributed by atoms with Crippen LogP contribution in [-0.2, 0) is 16.0 Å². The van der Waals surface area contributed by atoms with Gasteiger partial charge in [0.15, 0.2) is 0 Å². The van der Waals surface area contributed by atoms with Crippen molar-refractivity contribution in [1.82, 2.24) is 15.1 Å². The van der Waals surface area contributed by atoms with Crippen LogP contribution in [0.5, 0.6) is 0 Å². The Morgan fingerprint density at radius 1 is 1.29 bits per heavy atom. The molecule has 2 fully saturated rings. The zero-order valence-electron chi connectivity index (χ0n) is 13.8. The Labute approximate surface area is 151 Å². The van der Waals surface area contributed by atoms with E-state index in [1.54, 1.807) is 0 Å². The lowest BCUT2D eigenvalue weighted by molar-refractivity contribution is -0.140. The molecule has 1 aromatic carbocycles. The van der Waals surface area contributed by atoms with Gasteiger partial charge in [0.25, 0.3) is 0 Å². The number of hydrogen-bond acceptors (Lipinski definition) is 3. The summed E-state index contributed by atoms with van der Waals surface area (Å²) >= 11 is 3.54. The van der Waals surface area contributed by atoms with Gasteiger partial charge in [-0.15, -0.1) is 0 Å². The minimum atomic E-state index is 0.161. The van der Waals surface area contributed by atoms with Crippen LogP contribution < -0.4 is 5.32 Å². The zero-order valence-corrected chi connectivity index (χ0v) is 15.4. The molecule has 5 nitrogen and oxygen atoms in total. The molecule has 2 saturated heterocycles. The third-order valence-electron chi connectivity index (χ3n) is 4.88. The molecule has 1 N–H and O–H groups in total. The number of hydrogen-bond donors (Lipinski definition) is 1. The number of nitrogens with one attached hydrogen (secondary N) is 1. The Bertz CT molecular complexity index is 608. The van der Waals surface area contributed by atoms with E-state index in [0.717, 1.165) is 48.9 Å². The monoisotopic (exact) mass is 393 g/mol. The number of likely N-dealkylation sites (tertiary alicyclic amines) is 1. The fourth-order valence-electron chi connectivity index (χ4n) is 3.54. The minimum Gasteiger partial charge on any atom is -0.341 e. The van der Waals surface area contributed by atoms with Gasteiger partial charge in [-0.3, -0.25) is 9.59 Å². The van der Waals surface area contributed by atoms with Crippen LogP contribution in [0.2, 0.25) is 0 Å². The van der Waals surface area contributed by atoms with Gasteiger partial charge < -0.3 is 15.1 Å². The van der Waals surface area contributed by atoms with Crippen LogP contribution in [0.3, 0.4) is 0 Å². The van der Waals surface area contributed by atoms with Crippen LogP contribution in [0.25, 0.3) is 0 Å². The molecule has 2 heterocycles. The van der Waals surface area contributed by atoms with Gasteiger partial charge in [-0.25, -0.2) is 0 Å². The highest BCUT2D eigenvalue weighted by molar-refractivity contribution is 9.10. The Hall–Kier alpha value is -1.40. The predicted molar refractivity (Wildman–Crippen MR) is 96.6 cm³/mol. The Morgan fingerprint density at radius 3 is 2.92 bits per heavy atom. The second-order valence-electron chi connectivity index (χ2n) is 6.49. The van der Waals surface area contributed by atoms with Crippen molar-refractivity contribution >= 4 is 27.7 Å². The fourth-order valence-corrected chi connectivity index (χ4v) is 4.03. The Kier molecular flexibility index (Phi) is 5.89. The smallest absolute Gasteiger partial charge is 0.236 e. The number of piperidine rings is 1. The van der Waals surface area contributed by atoms with Crippen LogP contribution in [0, 0.1) is 0 Å². The van der Waals surface area contributed by atoms with Crippen LogP contribution in [0.4, 0.5) is 0 Å². The van der Waals surface area contributed by atoms with Crippen LogP contribution in [-0.4, -0.2) is 60.4 Å². The summed E-state index contributed by atoms with van der Waals surface area (Å²) in [4.78, 5) is 28.6. The van der Waals surface area contributed by atoms with Gasteiger partial charge in [0.2, 0.25) is 11.8 Å². The summed E-state index contributed by atoms with van der Waals surface area (Å²) < 4.78 is 1.06. The summed E-state index contributed by atoms with van der Waals surface area (Å²) in [5.41, 5.74) is 1.16. The van der Waals surface area contributed by atoms with E-state index in [1.165, 1.54) is 0 Å². The zero-order chi connectivity index (χ0) is 16.9. The Morgan fingerprint density at radius 2 is 2.12 bits per heavy atom. The van der Waals surface area contributed by atoms with Crippen molar-refractivity contribution in [3.8, 4) is 0 Å². The van der Waals surface area contributed by atoms with Crippen LogP contribution in [0.15, 0.2) is 28.7 Å². The van der Waals surface area contributed by atoms with E-state index in [2.05, 4.69) is 27.3 Å². The van der Waals surface area contributed by atoms with Gasteiger partial charge in [0, 0.05) is 43.1 Å². The predicted octanol–water partition coefficient (Wildman–Crippen LogP) is 1.80. The Balaban J connectivity index is 1.55. The first-order valence-corrected chi connectivity index (χ1v) is 9.46. The lowest BCUT2D eigenvalue weighted by atomic mass is 10.0. The molecular formula is C18H24BrN3O2. The van der Waals surface area contributed by atoms with Gasteiger partial charge in [0.1, 0.15) is 0 Å². The number of piperazine rings is 1. The van der Waals surface area contributed by atoms with Gasteiger partial charge in [-0.2, -0.15) is 0 Å². The first kappa shape index (κ1) is 17.4. The third kappa shape index (κ3) is 4.16. The summed E-state index contributed by atoms with van der Waals surface area (Å²) in [5, 5.41) is 3.11. The van der Waals surface area contributed by atoms with Crippen molar-refractivity contribution in [2.75, 3.05) is 32.7 Å². The number of amides is 2. The number of carbonyl (C=O) groups excluding carboxylic acids is 2. The molecule has 0 aliphatic carbocycles. The molecule has 2 amide bonds. The van der Waals surface area contributed by atoms with E-state index in [-0.39, 0.29) is 17.9 Å². The summed E-state index contributed by atoms with van der Waals surface area (Å²) in [5.74, 6) is 0.354.